The molecule has 1 aromatic heterocycles. The number of nitrogens with zero attached hydrogens (tertiary/aromatic N) is 1. The predicted octanol–water partition coefficient (Wildman–Crippen LogP) is 2.41. The molecule has 1 aliphatic carbocycles. The minimum Gasteiger partial charge on any atom is -0.373 e. The van der Waals surface area contributed by atoms with Gasteiger partial charge in [-0.15, -0.1) is 0 Å². The number of pyridine rings is 1. The van der Waals surface area contributed by atoms with E-state index in [1.807, 2.05) is 0 Å². The molecule has 1 unspecified atom stereocenters. The Morgan fingerprint density at radius 3 is 2.86 bits per heavy atom. The van der Waals surface area contributed by atoms with Crippen LogP contribution in [-0.2, 0) is 12.8 Å². The van der Waals surface area contributed by atoms with E-state index in [2.05, 4.69) is 39.9 Å². The highest BCUT2D eigenvalue weighted by Gasteiger charge is 2.20. The maximum Gasteiger partial charge on any atom is 0.251 e. The Kier molecular flexibility index (Phi) is 3.86. The summed E-state index contributed by atoms with van der Waals surface area (Å²) in [6, 6.07) is 12.2. The summed E-state index contributed by atoms with van der Waals surface area (Å²) in [7, 11) is 1.79. The average molecular weight is 281 g/mol. The molecule has 108 valence electrons. The van der Waals surface area contributed by atoms with E-state index < -0.39 is 0 Å². The van der Waals surface area contributed by atoms with Crippen molar-refractivity contribution in [1.82, 2.24) is 10.3 Å². The van der Waals surface area contributed by atoms with Crippen LogP contribution in [0.4, 0.5) is 5.82 Å². The van der Waals surface area contributed by atoms with Crippen LogP contribution in [-0.4, -0.2) is 24.0 Å². The second kappa shape index (κ2) is 5.95. The zero-order valence-electron chi connectivity index (χ0n) is 12.1. The molecule has 0 spiro atoms. The van der Waals surface area contributed by atoms with Gasteiger partial charge in [0.2, 0.25) is 0 Å². The third-order valence-corrected chi connectivity index (χ3v) is 3.96. The number of carbonyl (C=O) groups excluding carboxylic acids is 1. The van der Waals surface area contributed by atoms with E-state index in [0.717, 1.165) is 19.3 Å². The molecule has 0 saturated heterocycles. The lowest BCUT2D eigenvalue weighted by molar-refractivity contribution is 0.0933. The summed E-state index contributed by atoms with van der Waals surface area (Å²) in [5.74, 6) is 0.676. The minimum atomic E-state index is -0.0294. The molecule has 1 aliphatic rings. The van der Waals surface area contributed by atoms with Gasteiger partial charge in [-0.05, 0) is 42.5 Å². The largest absolute Gasteiger partial charge is 0.373 e. The number of fused-ring (bicyclic) bond motifs is 1. The van der Waals surface area contributed by atoms with E-state index in [9.17, 15) is 4.79 Å². The summed E-state index contributed by atoms with van der Waals surface area (Å²) < 4.78 is 0. The molecule has 4 heteroatoms. The molecule has 1 heterocycles. The van der Waals surface area contributed by atoms with Crippen molar-refractivity contribution in [1.29, 1.82) is 0 Å². The highest BCUT2D eigenvalue weighted by Crippen LogP contribution is 2.21. The first-order chi connectivity index (χ1) is 10.3. The van der Waals surface area contributed by atoms with Crippen LogP contribution in [0.25, 0.3) is 0 Å². The zero-order chi connectivity index (χ0) is 14.7. The molecule has 1 atom stereocenters. The van der Waals surface area contributed by atoms with Gasteiger partial charge in [-0.3, -0.25) is 4.79 Å². The van der Waals surface area contributed by atoms with E-state index in [-0.39, 0.29) is 11.9 Å². The molecular formula is C17H19N3O. The highest BCUT2D eigenvalue weighted by atomic mass is 16.1. The normalized spacial score (nSPS) is 16.9. The van der Waals surface area contributed by atoms with Crippen LogP contribution in [0.15, 0.2) is 42.6 Å². The van der Waals surface area contributed by atoms with Crippen LogP contribution >= 0.6 is 0 Å². The lowest BCUT2D eigenvalue weighted by Gasteiger charge is -2.25. The van der Waals surface area contributed by atoms with Gasteiger partial charge in [-0.2, -0.15) is 0 Å². The summed E-state index contributed by atoms with van der Waals surface area (Å²) in [5.41, 5.74) is 3.40. The van der Waals surface area contributed by atoms with Gasteiger partial charge in [0.05, 0.1) is 0 Å². The van der Waals surface area contributed by atoms with Crippen molar-refractivity contribution in [2.75, 3.05) is 12.4 Å². The van der Waals surface area contributed by atoms with Gasteiger partial charge < -0.3 is 10.6 Å². The molecule has 2 N–H and O–H groups in total. The lowest BCUT2D eigenvalue weighted by Crippen LogP contribution is -2.38. The molecule has 0 saturated carbocycles. The maximum atomic E-state index is 12.3. The summed E-state index contributed by atoms with van der Waals surface area (Å²) in [6.07, 6.45) is 4.58. The first-order valence-corrected chi connectivity index (χ1v) is 7.27. The standard InChI is InChI=1S/C17H19N3O/c1-18-16-11-14(8-9-19-16)17(21)20-15-7-6-12-4-2-3-5-13(12)10-15/h2-5,8-9,11,15H,6-7,10H2,1H3,(H,18,19)(H,20,21). The number of amides is 1. The molecule has 1 amide bonds. The Bertz CT molecular complexity index is 654. The maximum absolute atomic E-state index is 12.3. The van der Waals surface area contributed by atoms with Crippen LogP contribution < -0.4 is 10.6 Å². The fourth-order valence-electron chi connectivity index (χ4n) is 2.80. The molecule has 2 aromatic rings. The number of hydrogen-bond donors (Lipinski definition) is 2. The molecule has 3 rings (SSSR count). The zero-order valence-corrected chi connectivity index (χ0v) is 12.1. The number of rotatable bonds is 3. The third-order valence-electron chi connectivity index (χ3n) is 3.96. The van der Waals surface area contributed by atoms with Crippen molar-refractivity contribution in [2.45, 2.75) is 25.3 Å². The average Bonchev–Trinajstić information content (AvgIpc) is 2.54. The molecular weight excluding hydrogens is 262 g/mol. The fourth-order valence-corrected chi connectivity index (χ4v) is 2.80. The summed E-state index contributed by atoms with van der Waals surface area (Å²) in [4.78, 5) is 16.5. The van der Waals surface area contributed by atoms with Crippen molar-refractivity contribution in [3.63, 3.8) is 0 Å². The van der Waals surface area contributed by atoms with Gasteiger partial charge in [-0.1, -0.05) is 24.3 Å². The van der Waals surface area contributed by atoms with Gasteiger partial charge in [0.1, 0.15) is 5.82 Å². The Labute approximate surface area is 124 Å². The second-order valence-corrected chi connectivity index (χ2v) is 5.36. The lowest BCUT2D eigenvalue weighted by atomic mass is 9.88. The molecule has 0 radical (unpaired) electrons. The van der Waals surface area contributed by atoms with E-state index in [4.69, 9.17) is 0 Å². The van der Waals surface area contributed by atoms with Crippen molar-refractivity contribution >= 4 is 11.7 Å². The van der Waals surface area contributed by atoms with E-state index >= 15 is 0 Å². The van der Waals surface area contributed by atoms with Gasteiger partial charge in [0.25, 0.3) is 5.91 Å². The Morgan fingerprint density at radius 1 is 1.24 bits per heavy atom. The molecule has 21 heavy (non-hydrogen) atoms. The molecule has 0 fully saturated rings. The third kappa shape index (κ3) is 3.05. The summed E-state index contributed by atoms with van der Waals surface area (Å²) >= 11 is 0. The fraction of sp³-hybridized carbons (Fsp3) is 0.294. The monoisotopic (exact) mass is 281 g/mol. The van der Waals surface area contributed by atoms with E-state index in [0.29, 0.717) is 11.4 Å². The van der Waals surface area contributed by atoms with Crippen molar-refractivity contribution in [3.8, 4) is 0 Å². The first kappa shape index (κ1) is 13.6. The first-order valence-electron chi connectivity index (χ1n) is 7.27. The van der Waals surface area contributed by atoms with Crippen molar-refractivity contribution in [2.24, 2.45) is 0 Å². The van der Waals surface area contributed by atoms with Gasteiger partial charge in [0, 0.05) is 24.8 Å². The Hall–Kier alpha value is -2.36. The van der Waals surface area contributed by atoms with E-state index in [1.54, 1.807) is 25.4 Å². The van der Waals surface area contributed by atoms with Crippen LogP contribution in [0.1, 0.15) is 27.9 Å². The van der Waals surface area contributed by atoms with Gasteiger partial charge in [-0.25, -0.2) is 4.98 Å². The molecule has 0 bridgehead atoms. The SMILES string of the molecule is CNc1cc(C(=O)NC2CCc3ccccc3C2)ccn1. The number of aryl methyl sites for hydroxylation is 1. The van der Waals surface area contributed by atoms with Crippen LogP contribution in [0.2, 0.25) is 0 Å². The minimum absolute atomic E-state index is 0.0294. The Balaban J connectivity index is 1.68. The number of carbonyl (C=O) groups is 1. The highest BCUT2D eigenvalue weighted by molar-refractivity contribution is 5.95. The number of aromatic nitrogens is 1. The van der Waals surface area contributed by atoms with Crippen LogP contribution in [0.5, 0.6) is 0 Å². The number of nitrogens with one attached hydrogen (secondary N) is 2. The van der Waals surface area contributed by atoms with Gasteiger partial charge >= 0.3 is 0 Å². The van der Waals surface area contributed by atoms with Crippen LogP contribution in [0.3, 0.4) is 0 Å². The Morgan fingerprint density at radius 2 is 2.05 bits per heavy atom. The van der Waals surface area contributed by atoms with E-state index in [1.165, 1.54) is 11.1 Å². The summed E-state index contributed by atoms with van der Waals surface area (Å²) in [6.45, 7) is 0. The molecule has 4 nitrogen and oxygen atoms in total. The topological polar surface area (TPSA) is 54.0 Å². The number of hydrogen-bond acceptors (Lipinski definition) is 3. The number of anilines is 1. The quantitative estimate of drug-likeness (QED) is 0.908. The molecule has 1 aromatic carbocycles. The number of benzene rings is 1. The molecule has 0 aliphatic heterocycles. The second-order valence-electron chi connectivity index (χ2n) is 5.36. The summed E-state index contributed by atoms with van der Waals surface area (Å²) in [5, 5.41) is 6.08. The van der Waals surface area contributed by atoms with Crippen molar-refractivity contribution in [3.05, 3.63) is 59.3 Å². The smallest absolute Gasteiger partial charge is 0.251 e. The van der Waals surface area contributed by atoms with Crippen molar-refractivity contribution < 1.29 is 4.79 Å². The predicted molar refractivity (Wildman–Crippen MR) is 83.5 cm³/mol. The van der Waals surface area contributed by atoms with Crippen LogP contribution in [0, 0.1) is 0 Å². The van der Waals surface area contributed by atoms with Gasteiger partial charge in [0.15, 0.2) is 0 Å².